The Morgan fingerprint density at radius 2 is 2.18 bits per heavy atom. The van der Waals surface area contributed by atoms with Gasteiger partial charge in [0.1, 0.15) is 6.54 Å². The lowest BCUT2D eigenvalue weighted by molar-refractivity contribution is -0.131. The Balaban J connectivity index is 4.12. The highest BCUT2D eigenvalue weighted by molar-refractivity contribution is 5.76. The molecule has 0 N–H and O–H groups in total. The van der Waals surface area contributed by atoms with Crippen LogP contribution in [-0.4, -0.2) is 23.4 Å². The minimum absolute atomic E-state index is 0.0431. The van der Waals surface area contributed by atoms with Crippen LogP contribution in [0.1, 0.15) is 27.2 Å². The summed E-state index contributed by atoms with van der Waals surface area (Å²) in [5, 5.41) is 8.39. The van der Waals surface area contributed by atoms with Gasteiger partial charge in [-0.3, -0.25) is 4.79 Å². The van der Waals surface area contributed by atoms with E-state index in [2.05, 4.69) is 0 Å². The second-order valence-corrected chi connectivity index (χ2v) is 2.63. The number of nitrogens with zero attached hydrogens (tertiary/aromatic N) is 2. The second-order valence-electron chi connectivity index (χ2n) is 2.63. The van der Waals surface area contributed by atoms with Crippen molar-refractivity contribution in [2.45, 2.75) is 33.2 Å². The van der Waals surface area contributed by atoms with E-state index in [1.807, 2.05) is 19.9 Å². The first kappa shape index (κ1) is 9.96. The summed E-state index contributed by atoms with van der Waals surface area (Å²) in [5.74, 6) is 0.0431. The molecule has 0 aliphatic rings. The Bertz CT molecular complexity index is 169. The van der Waals surface area contributed by atoms with Gasteiger partial charge < -0.3 is 4.90 Å². The number of hydrogen-bond acceptors (Lipinski definition) is 2. The summed E-state index contributed by atoms with van der Waals surface area (Å²) in [5.41, 5.74) is 0. The third kappa shape index (κ3) is 3.03. The van der Waals surface area contributed by atoms with Gasteiger partial charge in [-0.15, -0.1) is 0 Å². The van der Waals surface area contributed by atoms with E-state index in [-0.39, 0.29) is 18.5 Å². The summed E-state index contributed by atoms with van der Waals surface area (Å²) in [7, 11) is 0. The molecule has 0 spiro atoms. The highest BCUT2D eigenvalue weighted by Crippen LogP contribution is 1.99. The highest BCUT2D eigenvalue weighted by atomic mass is 16.2. The van der Waals surface area contributed by atoms with Crippen LogP contribution in [0.25, 0.3) is 0 Å². The van der Waals surface area contributed by atoms with Gasteiger partial charge in [-0.1, -0.05) is 6.92 Å². The summed E-state index contributed by atoms with van der Waals surface area (Å²) in [6, 6.07) is 2.10. The predicted molar refractivity (Wildman–Crippen MR) is 42.8 cm³/mol. The van der Waals surface area contributed by atoms with Crippen LogP contribution in [0, 0.1) is 11.3 Å². The molecule has 3 nitrogen and oxygen atoms in total. The Kier molecular flexibility index (Phi) is 4.28. The van der Waals surface area contributed by atoms with Crippen molar-refractivity contribution in [1.29, 1.82) is 5.26 Å². The number of carbonyl (C=O) groups is 1. The van der Waals surface area contributed by atoms with E-state index in [4.69, 9.17) is 5.26 Å². The number of amides is 1. The predicted octanol–water partition coefficient (Wildman–Crippen LogP) is 1.16. The van der Waals surface area contributed by atoms with Crippen LogP contribution in [0.4, 0.5) is 0 Å². The fourth-order valence-corrected chi connectivity index (χ4v) is 0.838. The van der Waals surface area contributed by atoms with Crippen LogP contribution in [-0.2, 0) is 4.79 Å². The molecule has 1 amide bonds. The van der Waals surface area contributed by atoms with E-state index in [1.54, 1.807) is 11.8 Å². The van der Waals surface area contributed by atoms with Crippen LogP contribution >= 0.6 is 0 Å². The normalized spacial score (nSPS) is 9.36. The lowest BCUT2D eigenvalue weighted by atomic mass is 10.3. The molecule has 62 valence electrons. The maximum absolute atomic E-state index is 11.1. The Morgan fingerprint density at radius 1 is 1.64 bits per heavy atom. The molecule has 11 heavy (non-hydrogen) atoms. The Hall–Kier alpha value is -1.04. The molecule has 0 unspecified atom stereocenters. The zero-order valence-electron chi connectivity index (χ0n) is 7.29. The van der Waals surface area contributed by atoms with Gasteiger partial charge in [-0.2, -0.15) is 5.26 Å². The molecule has 0 fully saturated rings. The molecule has 0 aromatic rings. The smallest absolute Gasteiger partial charge is 0.223 e. The first-order valence-electron chi connectivity index (χ1n) is 3.79. The molecule has 0 aliphatic carbocycles. The molecule has 0 heterocycles. The van der Waals surface area contributed by atoms with E-state index in [1.165, 1.54) is 0 Å². The number of rotatable bonds is 3. The summed E-state index contributed by atoms with van der Waals surface area (Å²) >= 11 is 0. The average Bonchev–Trinajstić information content (AvgIpc) is 1.98. The van der Waals surface area contributed by atoms with Gasteiger partial charge >= 0.3 is 0 Å². The molecule has 0 saturated carbocycles. The van der Waals surface area contributed by atoms with Gasteiger partial charge in [0.2, 0.25) is 5.91 Å². The van der Waals surface area contributed by atoms with Crippen molar-refractivity contribution < 1.29 is 4.79 Å². The second kappa shape index (κ2) is 4.73. The lowest BCUT2D eigenvalue weighted by Gasteiger charge is -2.22. The maximum atomic E-state index is 11.1. The summed E-state index contributed by atoms with van der Waals surface area (Å²) in [6.07, 6.45) is 0.472. The van der Waals surface area contributed by atoms with Gasteiger partial charge in [0.25, 0.3) is 0 Å². The van der Waals surface area contributed by atoms with Crippen LogP contribution in [0.3, 0.4) is 0 Å². The van der Waals surface area contributed by atoms with E-state index in [0.29, 0.717) is 6.42 Å². The van der Waals surface area contributed by atoms with Crippen molar-refractivity contribution in [2.75, 3.05) is 6.54 Å². The molecule has 0 atom stereocenters. The Labute approximate surface area is 67.6 Å². The van der Waals surface area contributed by atoms with Crippen LogP contribution in [0.2, 0.25) is 0 Å². The van der Waals surface area contributed by atoms with Crippen LogP contribution < -0.4 is 0 Å². The summed E-state index contributed by atoms with van der Waals surface area (Å²) < 4.78 is 0. The van der Waals surface area contributed by atoms with Gasteiger partial charge in [-0.25, -0.2) is 0 Å². The standard InChI is InChI=1S/C8H14N2O/c1-4-8(11)10(6-5-9)7(2)3/h7H,4,6H2,1-3H3. The molecule has 0 aromatic carbocycles. The molecular formula is C8H14N2O. The molecular weight excluding hydrogens is 140 g/mol. The fourth-order valence-electron chi connectivity index (χ4n) is 0.838. The topological polar surface area (TPSA) is 44.1 Å². The van der Waals surface area contributed by atoms with E-state index in [9.17, 15) is 4.79 Å². The van der Waals surface area contributed by atoms with Crippen molar-refractivity contribution in [2.24, 2.45) is 0 Å². The number of nitriles is 1. The first-order chi connectivity index (χ1) is 5.13. The summed E-state index contributed by atoms with van der Waals surface area (Å²) in [4.78, 5) is 12.7. The molecule has 0 bridgehead atoms. The lowest BCUT2D eigenvalue weighted by Crippen LogP contribution is -2.36. The highest BCUT2D eigenvalue weighted by Gasteiger charge is 2.13. The van der Waals surface area contributed by atoms with Gasteiger partial charge in [0.05, 0.1) is 6.07 Å². The molecule has 0 aliphatic heterocycles. The summed E-state index contributed by atoms with van der Waals surface area (Å²) in [6.45, 7) is 5.81. The first-order valence-corrected chi connectivity index (χ1v) is 3.79. The van der Waals surface area contributed by atoms with Gasteiger partial charge in [0, 0.05) is 12.5 Å². The van der Waals surface area contributed by atoms with Crippen LogP contribution in [0.5, 0.6) is 0 Å². The van der Waals surface area contributed by atoms with Crippen molar-refractivity contribution in [3.05, 3.63) is 0 Å². The fraction of sp³-hybridized carbons (Fsp3) is 0.750. The largest absolute Gasteiger partial charge is 0.327 e. The molecule has 3 heteroatoms. The zero-order valence-corrected chi connectivity index (χ0v) is 7.29. The monoisotopic (exact) mass is 154 g/mol. The number of hydrogen-bond donors (Lipinski definition) is 0. The molecule has 0 saturated heterocycles. The maximum Gasteiger partial charge on any atom is 0.223 e. The minimum atomic E-state index is 0.0431. The minimum Gasteiger partial charge on any atom is -0.327 e. The average molecular weight is 154 g/mol. The molecule has 0 rings (SSSR count). The number of carbonyl (C=O) groups excluding carboxylic acids is 1. The quantitative estimate of drug-likeness (QED) is 0.572. The zero-order chi connectivity index (χ0) is 8.85. The molecule has 0 aromatic heterocycles. The third-order valence-corrected chi connectivity index (χ3v) is 1.49. The van der Waals surface area contributed by atoms with Gasteiger partial charge in [0.15, 0.2) is 0 Å². The van der Waals surface area contributed by atoms with Crippen molar-refractivity contribution in [1.82, 2.24) is 4.90 Å². The van der Waals surface area contributed by atoms with Gasteiger partial charge in [-0.05, 0) is 13.8 Å². The van der Waals surface area contributed by atoms with Crippen molar-refractivity contribution in [3.63, 3.8) is 0 Å². The van der Waals surface area contributed by atoms with Crippen molar-refractivity contribution in [3.8, 4) is 6.07 Å². The SMILES string of the molecule is CCC(=O)N(CC#N)C(C)C. The van der Waals surface area contributed by atoms with Crippen molar-refractivity contribution >= 4 is 5.91 Å². The molecule has 0 radical (unpaired) electrons. The van der Waals surface area contributed by atoms with E-state index < -0.39 is 0 Å². The van der Waals surface area contributed by atoms with Crippen LogP contribution in [0.15, 0.2) is 0 Å². The Morgan fingerprint density at radius 3 is 2.45 bits per heavy atom. The van der Waals surface area contributed by atoms with E-state index >= 15 is 0 Å². The third-order valence-electron chi connectivity index (χ3n) is 1.49. The van der Waals surface area contributed by atoms with E-state index in [0.717, 1.165) is 0 Å².